The van der Waals surface area contributed by atoms with Crippen LogP contribution in [0.15, 0.2) is 93.5 Å². The van der Waals surface area contributed by atoms with Gasteiger partial charge in [-0.1, -0.05) is 49.4 Å². The van der Waals surface area contributed by atoms with E-state index in [1.807, 2.05) is 6.92 Å². The minimum atomic E-state index is -4.74. The second-order valence-corrected chi connectivity index (χ2v) is 22.4. The summed E-state index contributed by atoms with van der Waals surface area (Å²) in [5, 5.41) is 11.3. The van der Waals surface area contributed by atoms with E-state index in [1.54, 1.807) is 6.92 Å². The van der Waals surface area contributed by atoms with E-state index in [-0.39, 0.29) is 78.8 Å². The Labute approximate surface area is 402 Å². The molecule has 6 rings (SSSR count). The number of anilines is 8. The van der Waals surface area contributed by atoms with Crippen molar-refractivity contribution in [3.05, 3.63) is 113 Å². The van der Waals surface area contributed by atoms with E-state index >= 15 is 0 Å². The van der Waals surface area contributed by atoms with Crippen LogP contribution in [0.1, 0.15) is 47.2 Å². The highest BCUT2D eigenvalue weighted by Crippen LogP contribution is 2.30. The van der Waals surface area contributed by atoms with Gasteiger partial charge in [0, 0.05) is 29.9 Å². The molecule has 0 fully saturated rings. The summed E-state index contributed by atoms with van der Waals surface area (Å²) in [6.45, 7) is 3.57. The smallest absolute Gasteiger partial charge is 0.297 e. The van der Waals surface area contributed by atoms with Crippen molar-refractivity contribution in [2.75, 3.05) is 34.1 Å². The van der Waals surface area contributed by atoms with Crippen LogP contribution in [0.4, 0.5) is 46.5 Å². The van der Waals surface area contributed by atoms with Gasteiger partial charge in [-0.05, 0) is 84.1 Å². The van der Waals surface area contributed by atoms with Crippen molar-refractivity contribution in [3.8, 4) is 0 Å². The maximum absolute atomic E-state index is 13.3. The van der Waals surface area contributed by atoms with Crippen LogP contribution >= 0.6 is 0 Å². The summed E-state index contributed by atoms with van der Waals surface area (Å²) in [5.74, 6) is -2.31. The zero-order valence-electron chi connectivity index (χ0n) is 36.7. The van der Waals surface area contributed by atoms with Crippen molar-refractivity contribution in [3.63, 3.8) is 0 Å². The van der Waals surface area contributed by atoms with Crippen LogP contribution in [0.2, 0.25) is 0 Å². The summed E-state index contributed by atoms with van der Waals surface area (Å²) in [7, 11) is -22.0. The van der Waals surface area contributed by atoms with Crippen LogP contribution in [-0.4, -0.2) is 103 Å². The number of benzene rings is 4. The Morgan fingerprint density at radius 2 is 1.10 bits per heavy atom. The molecule has 0 atom stereocenters. The predicted molar refractivity (Wildman–Crippen MR) is 255 cm³/mol. The molecule has 2 heterocycles. The molecular weight excluding hydrogens is 1020 g/mol. The third kappa shape index (κ3) is 14.7. The number of nitrogens with zero attached hydrogens (tertiary/aromatic N) is 6. The normalized spacial score (nSPS) is 12.5. The first-order valence-electron chi connectivity index (χ1n) is 20.1. The van der Waals surface area contributed by atoms with Gasteiger partial charge in [-0.3, -0.25) is 22.4 Å². The van der Waals surface area contributed by atoms with Gasteiger partial charge in [-0.25, -0.2) is 0 Å². The molecule has 0 bridgehead atoms. The van der Waals surface area contributed by atoms with E-state index in [0.29, 0.717) is 24.2 Å². The molecule has 0 saturated carbocycles. The second-order valence-electron chi connectivity index (χ2n) is 14.9. The Bertz CT molecular complexity index is 3580. The van der Waals surface area contributed by atoms with Gasteiger partial charge in [0.1, 0.15) is 27.2 Å². The van der Waals surface area contributed by atoms with Gasteiger partial charge >= 0.3 is 0 Å². The first kappa shape index (κ1) is 52.8. The largest absolute Gasteiger partial charge is 0.324 e. The number of para-hydroxylation sites is 1. The number of rotatable bonds is 21. The summed E-state index contributed by atoms with van der Waals surface area (Å²) in [6, 6.07) is 17.3. The van der Waals surface area contributed by atoms with E-state index in [4.69, 9.17) is 4.18 Å². The lowest BCUT2D eigenvalue weighted by atomic mass is 10.1. The van der Waals surface area contributed by atoms with Gasteiger partial charge in [0.25, 0.3) is 50.6 Å². The molecule has 0 unspecified atom stereocenters. The van der Waals surface area contributed by atoms with Crippen molar-refractivity contribution in [1.29, 1.82) is 0 Å². The molecule has 8 N–H and O–H groups in total. The minimum Gasteiger partial charge on any atom is -0.324 e. The SMILES string of the molecule is CCCc1nc(Nc2ccc(/C=C/c3ccc(Nc4nc(CCS(=O)(=O)O)nc(Nc5ccccc5S(=O)(=O)O)n4)cc3CS(=O)(=O)O)c(S(=O)(=O)OC)c2)nc(Nc2cc(S(=O)(=O)O)ccc2C)n1. The Morgan fingerprint density at radius 1 is 0.557 bits per heavy atom. The third-order valence-corrected chi connectivity index (χ3v) is 14.0. The van der Waals surface area contributed by atoms with Gasteiger partial charge < -0.3 is 21.3 Å². The van der Waals surface area contributed by atoms with Crippen LogP contribution in [0, 0.1) is 6.92 Å². The number of aryl methyl sites for hydroxylation is 3. The fourth-order valence-corrected chi connectivity index (χ4v) is 9.44. The molecule has 0 aliphatic rings. The first-order valence-corrected chi connectivity index (χ1v) is 27.6. The van der Waals surface area contributed by atoms with Crippen molar-refractivity contribution in [2.45, 2.75) is 53.5 Å². The molecule has 0 saturated heterocycles. The van der Waals surface area contributed by atoms with Crippen LogP contribution < -0.4 is 21.3 Å². The topological polar surface area (TPSA) is 386 Å². The maximum atomic E-state index is 13.3. The van der Waals surface area contributed by atoms with Gasteiger partial charge in [-0.15, -0.1) is 0 Å². The lowest BCUT2D eigenvalue weighted by Crippen LogP contribution is -2.13. The molecule has 6 aromatic rings. The standard InChI is InChI=1S/C40H42N10O15S5/c1-4-7-35-45-38(50-40(46-35)44-32-22-30(68(57,58)59)17-10-24(32)2)42-29-16-14-26(34(21-29)70(63,64)65-3)12-11-25-13-15-28(20-27(25)23-67(54,55)56)41-37-47-36(18-19-66(51,52)53)48-39(49-37)43-31-8-5-6-9-33(31)69(60,61)62/h5-6,8-17,20-22H,4,7,18-19,23H2,1-3H3,(H,51,52,53)(H,54,55,56)(H,57,58,59)(H,60,61,62)(H2,41,43,47,48,49)(H2,42,44,45,46,50)/b12-11+. The highest BCUT2D eigenvalue weighted by atomic mass is 32.2. The van der Waals surface area contributed by atoms with E-state index in [1.165, 1.54) is 84.9 Å². The summed E-state index contributed by atoms with van der Waals surface area (Å²) in [6.07, 6.45) is 3.28. The maximum Gasteiger partial charge on any atom is 0.297 e. The minimum absolute atomic E-state index is 0.00171. The number of nitrogens with one attached hydrogen (secondary N) is 4. The molecule has 4 aromatic carbocycles. The Morgan fingerprint density at radius 3 is 1.66 bits per heavy atom. The number of hydrogen-bond donors (Lipinski definition) is 8. The zero-order valence-corrected chi connectivity index (χ0v) is 40.8. The fraction of sp³-hybridized carbons (Fsp3) is 0.200. The van der Waals surface area contributed by atoms with Crippen molar-refractivity contribution in [2.24, 2.45) is 0 Å². The summed E-state index contributed by atoms with van der Waals surface area (Å²) in [4.78, 5) is 24.4. The highest BCUT2D eigenvalue weighted by Gasteiger charge is 2.21. The Hall–Kier alpha value is -6.61. The monoisotopic (exact) mass is 1060 g/mol. The Kier molecular flexibility index (Phi) is 16.0. The van der Waals surface area contributed by atoms with Gasteiger partial charge in [0.2, 0.25) is 23.8 Å². The lowest BCUT2D eigenvalue weighted by Gasteiger charge is -2.14. The van der Waals surface area contributed by atoms with Gasteiger partial charge in [0.05, 0.1) is 23.4 Å². The molecule has 0 spiro atoms. The molecule has 0 amide bonds. The van der Waals surface area contributed by atoms with Crippen molar-refractivity contribution >= 4 is 109 Å². The van der Waals surface area contributed by atoms with Crippen LogP contribution in [-0.2, 0) is 73.4 Å². The van der Waals surface area contributed by atoms with Crippen LogP contribution in [0.25, 0.3) is 12.2 Å². The van der Waals surface area contributed by atoms with Crippen molar-refractivity contribution < 1.29 is 64.5 Å². The molecule has 0 aliphatic carbocycles. The van der Waals surface area contributed by atoms with E-state index in [9.17, 15) is 60.3 Å². The molecule has 70 heavy (non-hydrogen) atoms. The highest BCUT2D eigenvalue weighted by molar-refractivity contribution is 7.87. The summed E-state index contributed by atoms with van der Waals surface area (Å²) >= 11 is 0. The second kappa shape index (κ2) is 21.2. The average molecular weight is 1060 g/mol. The molecule has 25 nitrogen and oxygen atoms in total. The number of hydrogen-bond acceptors (Lipinski definition) is 21. The lowest BCUT2D eigenvalue weighted by molar-refractivity contribution is 0.397. The summed E-state index contributed by atoms with van der Waals surface area (Å²) < 4.78 is 165. The van der Waals surface area contributed by atoms with Crippen molar-refractivity contribution in [1.82, 2.24) is 29.9 Å². The summed E-state index contributed by atoms with van der Waals surface area (Å²) in [5.41, 5.74) is 1.16. The molecule has 0 aliphatic heterocycles. The van der Waals surface area contributed by atoms with E-state index in [0.717, 1.165) is 13.2 Å². The van der Waals surface area contributed by atoms with Gasteiger partial charge in [0.15, 0.2) is 0 Å². The van der Waals surface area contributed by atoms with Gasteiger partial charge in [-0.2, -0.15) is 72.0 Å². The molecule has 0 radical (unpaired) electrons. The molecule has 2 aromatic heterocycles. The van der Waals surface area contributed by atoms with E-state index in [2.05, 4.69) is 51.2 Å². The molecule has 372 valence electrons. The quantitative estimate of drug-likeness (QED) is 0.0264. The van der Waals surface area contributed by atoms with E-state index < -0.39 is 73.4 Å². The average Bonchev–Trinajstić information content (AvgIpc) is 3.25. The fourth-order valence-electron chi connectivity index (χ4n) is 6.32. The first-order chi connectivity index (χ1) is 32.7. The predicted octanol–water partition coefficient (Wildman–Crippen LogP) is 5.11. The van der Waals surface area contributed by atoms with Crippen LogP contribution in [0.3, 0.4) is 0 Å². The number of aromatic nitrogens is 6. The molecular formula is C40H42N10O15S5. The zero-order chi connectivity index (χ0) is 51.2. The molecule has 30 heteroatoms. The van der Waals surface area contributed by atoms with Crippen LogP contribution in [0.5, 0.6) is 0 Å². The third-order valence-electron chi connectivity index (χ3n) is 9.52. The Balaban J connectivity index is 1.32.